The number of hydrogen-bond donors (Lipinski definition) is 0. The summed E-state index contributed by atoms with van der Waals surface area (Å²) in [5.74, 6) is 0. The van der Waals surface area contributed by atoms with Gasteiger partial charge in [0.1, 0.15) is 4.90 Å². The number of pyridine rings is 1. The van der Waals surface area contributed by atoms with Crippen molar-refractivity contribution in [1.82, 2.24) is 4.98 Å². The molecule has 1 heterocycles. The van der Waals surface area contributed by atoms with Gasteiger partial charge in [-0.1, -0.05) is 11.6 Å². The van der Waals surface area contributed by atoms with Crippen LogP contribution in [0.2, 0.25) is 5.02 Å². The number of nitro groups is 1. The molecule has 0 atom stereocenters. The van der Waals surface area contributed by atoms with Gasteiger partial charge in [-0.2, -0.15) is 0 Å². The number of benzene rings is 1. The van der Waals surface area contributed by atoms with E-state index in [0.29, 0.717) is 0 Å². The summed E-state index contributed by atoms with van der Waals surface area (Å²) < 4.78 is 25.9. The Hall–Kier alpha value is -2.19. The fraction of sp³-hybridized carbons (Fsp3) is 0.0833. The second kappa shape index (κ2) is 5.66. The number of nitro benzene ring substituents is 1. The summed E-state index contributed by atoms with van der Waals surface area (Å²) in [5.41, 5.74) is 0.157. The lowest BCUT2D eigenvalue weighted by molar-refractivity contribution is -0.384. The van der Waals surface area contributed by atoms with Gasteiger partial charge in [-0.05, 0) is 18.2 Å². The van der Waals surface area contributed by atoms with Gasteiger partial charge >= 0.3 is 0 Å². The zero-order valence-electron chi connectivity index (χ0n) is 10.8. The molecule has 0 aliphatic heterocycles. The van der Waals surface area contributed by atoms with Gasteiger partial charge in [0.15, 0.2) is 0 Å². The summed E-state index contributed by atoms with van der Waals surface area (Å²) in [7, 11) is -2.55. The summed E-state index contributed by atoms with van der Waals surface area (Å²) in [6.07, 6.45) is 2.53. The van der Waals surface area contributed by atoms with Crippen LogP contribution in [0.1, 0.15) is 0 Å². The molecule has 0 amide bonds. The van der Waals surface area contributed by atoms with Crippen LogP contribution in [0.15, 0.2) is 47.6 Å². The van der Waals surface area contributed by atoms with E-state index in [4.69, 9.17) is 11.6 Å². The summed E-state index contributed by atoms with van der Waals surface area (Å²) in [4.78, 5) is 13.6. The SMILES string of the molecule is CN(c1ccc([N+](=O)[O-])cc1)S(=O)(=O)c1cnccc1Cl. The molecule has 0 bridgehead atoms. The quantitative estimate of drug-likeness (QED) is 0.635. The Balaban J connectivity index is 2.41. The smallest absolute Gasteiger partial charge is 0.269 e. The molecule has 110 valence electrons. The molecule has 0 aliphatic rings. The Kier molecular flexibility index (Phi) is 4.10. The zero-order chi connectivity index (χ0) is 15.6. The first kappa shape index (κ1) is 15.2. The van der Waals surface area contributed by atoms with Crippen molar-refractivity contribution in [1.29, 1.82) is 0 Å². The highest BCUT2D eigenvalue weighted by Gasteiger charge is 2.24. The van der Waals surface area contributed by atoms with Gasteiger partial charge in [-0.15, -0.1) is 0 Å². The van der Waals surface area contributed by atoms with E-state index in [1.54, 1.807) is 0 Å². The van der Waals surface area contributed by atoms with Crippen LogP contribution in [0.5, 0.6) is 0 Å². The monoisotopic (exact) mass is 327 g/mol. The normalized spacial score (nSPS) is 11.1. The molecule has 0 N–H and O–H groups in total. The number of rotatable bonds is 4. The van der Waals surface area contributed by atoms with Gasteiger partial charge in [0.05, 0.1) is 15.6 Å². The van der Waals surface area contributed by atoms with Crippen molar-refractivity contribution in [2.75, 3.05) is 11.4 Å². The maximum absolute atomic E-state index is 12.4. The third-order valence-corrected chi connectivity index (χ3v) is 5.05. The first-order valence-corrected chi connectivity index (χ1v) is 7.49. The Morgan fingerprint density at radius 3 is 2.38 bits per heavy atom. The lowest BCUT2D eigenvalue weighted by atomic mass is 10.3. The van der Waals surface area contributed by atoms with Crippen LogP contribution < -0.4 is 4.31 Å². The summed E-state index contributed by atoms with van der Waals surface area (Å²) >= 11 is 5.87. The topological polar surface area (TPSA) is 93.4 Å². The molecule has 7 nitrogen and oxygen atoms in total. The molecule has 0 unspecified atom stereocenters. The molecule has 21 heavy (non-hydrogen) atoms. The van der Waals surface area contributed by atoms with Gasteiger partial charge in [0.2, 0.25) is 0 Å². The van der Waals surface area contributed by atoms with Gasteiger partial charge < -0.3 is 0 Å². The van der Waals surface area contributed by atoms with Crippen LogP contribution in [-0.4, -0.2) is 25.4 Å². The molecule has 0 fully saturated rings. The van der Waals surface area contributed by atoms with Crippen molar-refractivity contribution in [3.05, 3.63) is 57.9 Å². The molecule has 0 spiro atoms. The fourth-order valence-corrected chi connectivity index (χ4v) is 3.22. The zero-order valence-corrected chi connectivity index (χ0v) is 12.4. The Morgan fingerprint density at radius 1 is 1.24 bits per heavy atom. The molecule has 1 aromatic carbocycles. The van der Waals surface area contributed by atoms with Crippen molar-refractivity contribution in [2.24, 2.45) is 0 Å². The lowest BCUT2D eigenvalue weighted by Crippen LogP contribution is -2.26. The van der Waals surface area contributed by atoms with E-state index in [1.165, 1.54) is 43.6 Å². The van der Waals surface area contributed by atoms with Crippen molar-refractivity contribution in [2.45, 2.75) is 4.90 Å². The van der Waals surface area contributed by atoms with E-state index in [1.807, 2.05) is 0 Å². The molecule has 2 rings (SSSR count). The van der Waals surface area contributed by atoms with Crippen molar-refractivity contribution in [3.63, 3.8) is 0 Å². The molecule has 0 aliphatic carbocycles. The first-order valence-electron chi connectivity index (χ1n) is 5.67. The predicted molar refractivity (Wildman–Crippen MR) is 77.9 cm³/mol. The molecular weight excluding hydrogens is 318 g/mol. The molecular formula is C12H10ClN3O4S. The van der Waals surface area contributed by atoms with Gasteiger partial charge in [0, 0.05) is 31.6 Å². The third kappa shape index (κ3) is 2.96. The molecule has 0 saturated heterocycles. The molecule has 9 heteroatoms. The number of non-ortho nitro benzene ring substituents is 1. The minimum absolute atomic E-state index is 0.0544. The van der Waals surface area contributed by atoms with Crippen LogP contribution >= 0.6 is 11.6 Å². The van der Waals surface area contributed by atoms with Crippen LogP contribution in [0, 0.1) is 10.1 Å². The van der Waals surface area contributed by atoms with Crippen LogP contribution in [0.4, 0.5) is 11.4 Å². The van der Waals surface area contributed by atoms with Crippen LogP contribution in [0.3, 0.4) is 0 Å². The highest BCUT2D eigenvalue weighted by Crippen LogP contribution is 2.27. The number of hydrogen-bond acceptors (Lipinski definition) is 5. The van der Waals surface area contributed by atoms with Crippen molar-refractivity contribution >= 4 is 33.0 Å². The Morgan fingerprint density at radius 2 is 1.86 bits per heavy atom. The number of nitrogens with zero attached hydrogens (tertiary/aromatic N) is 3. The average molecular weight is 328 g/mol. The van der Waals surface area contributed by atoms with Gasteiger partial charge in [-0.25, -0.2) is 8.42 Å². The lowest BCUT2D eigenvalue weighted by Gasteiger charge is -2.19. The number of sulfonamides is 1. The van der Waals surface area contributed by atoms with Crippen LogP contribution in [0.25, 0.3) is 0 Å². The van der Waals surface area contributed by atoms with Crippen LogP contribution in [-0.2, 0) is 10.0 Å². The first-order chi connectivity index (χ1) is 9.84. The van der Waals surface area contributed by atoms with E-state index in [-0.39, 0.29) is 21.3 Å². The summed E-state index contributed by atoms with van der Waals surface area (Å²) in [6, 6.07) is 6.52. The van der Waals surface area contributed by atoms with Crippen molar-refractivity contribution in [3.8, 4) is 0 Å². The highest BCUT2D eigenvalue weighted by molar-refractivity contribution is 7.93. The van der Waals surface area contributed by atoms with Crippen molar-refractivity contribution < 1.29 is 13.3 Å². The fourth-order valence-electron chi connectivity index (χ4n) is 1.62. The largest absolute Gasteiger partial charge is 0.269 e. The van der Waals surface area contributed by atoms with E-state index in [9.17, 15) is 18.5 Å². The van der Waals surface area contributed by atoms with E-state index < -0.39 is 14.9 Å². The number of halogens is 1. The van der Waals surface area contributed by atoms with Gasteiger partial charge in [-0.3, -0.25) is 19.4 Å². The van der Waals surface area contributed by atoms with E-state index >= 15 is 0 Å². The maximum Gasteiger partial charge on any atom is 0.269 e. The molecule has 0 saturated carbocycles. The second-order valence-corrected chi connectivity index (χ2v) is 6.40. The Bertz CT molecular complexity index is 777. The summed E-state index contributed by atoms with van der Waals surface area (Å²) in [6.45, 7) is 0. The number of aromatic nitrogens is 1. The summed E-state index contributed by atoms with van der Waals surface area (Å²) in [5, 5.41) is 10.6. The minimum Gasteiger partial charge on any atom is -0.269 e. The number of anilines is 1. The molecule has 2 aromatic rings. The standard InChI is InChI=1S/C12H10ClN3O4S/c1-15(9-2-4-10(5-3-9)16(17)18)21(19,20)12-8-14-7-6-11(12)13/h2-8H,1H3. The minimum atomic E-state index is -3.89. The van der Waals surface area contributed by atoms with Gasteiger partial charge in [0.25, 0.3) is 15.7 Å². The molecule has 1 aromatic heterocycles. The van der Waals surface area contributed by atoms with E-state index in [2.05, 4.69) is 4.98 Å². The maximum atomic E-state index is 12.4. The molecule has 0 radical (unpaired) electrons. The average Bonchev–Trinajstić information content (AvgIpc) is 2.46. The highest BCUT2D eigenvalue weighted by atomic mass is 35.5. The predicted octanol–water partition coefficient (Wildman–Crippen LogP) is 2.47. The second-order valence-electron chi connectivity index (χ2n) is 4.05. The van der Waals surface area contributed by atoms with E-state index in [0.717, 1.165) is 10.5 Å². The Labute approximate surface area is 126 Å². The third-order valence-electron chi connectivity index (χ3n) is 2.80.